The Labute approximate surface area is 121 Å². The van der Waals surface area contributed by atoms with E-state index in [1.807, 2.05) is 11.8 Å². The molecule has 0 atom stereocenters. The van der Waals surface area contributed by atoms with Gasteiger partial charge in [0, 0.05) is 24.6 Å². The number of anilines is 2. The monoisotopic (exact) mass is 281 g/mol. The first-order chi connectivity index (χ1) is 9.06. The molecule has 0 aliphatic carbocycles. The minimum absolute atomic E-state index is 0.171. The normalized spacial score (nSPS) is 12.4. The molecule has 0 spiro atoms. The summed E-state index contributed by atoms with van der Waals surface area (Å²) in [5, 5.41) is 10.0. The number of nitrogens with one attached hydrogen (secondary N) is 1. The maximum Gasteiger partial charge on any atom is 0.145 e. The van der Waals surface area contributed by atoms with Gasteiger partial charge in [-0.1, -0.05) is 20.8 Å². The number of nitrogen functional groups attached to an aromatic ring is 1. The fourth-order valence-electron chi connectivity index (χ4n) is 1.83. The molecule has 0 saturated heterocycles. The van der Waals surface area contributed by atoms with Gasteiger partial charge in [-0.05, 0) is 20.8 Å². The topological polar surface area (TPSA) is 87.3 Å². The van der Waals surface area contributed by atoms with Crippen LogP contribution in [0.15, 0.2) is 6.07 Å². The molecule has 0 amide bonds. The van der Waals surface area contributed by atoms with Crippen molar-refractivity contribution in [2.75, 3.05) is 23.4 Å². The summed E-state index contributed by atoms with van der Waals surface area (Å²) in [5.41, 5.74) is 1.62. The largest absolute Gasteiger partial charge is 0.389 e. The molecular formula is C14H27N5O. The van der Waals surface area contributed by atoms with Gasteiger partial charge in [-0.3, -0.25) is 0 Å². The molecule has 4 N–H and O–H groups in total. The Morgan fingerprint density at radius 3 is 2.25 bits per heavy atom. The van der Waals surface area contributed by atoms with Gasteiger partial charge < -0.3 is 15.4 Å². The van der Waals surface area contributed by atoms with Crippen molar-refractivity contribution >= 4 is 11.6 Å². The third-order valence-electron chi connectivity index (χ3n) is 2.81. The highest BCUT2D eigenvalue weighted by molar-refractivity contribution is 5.49. The smallest absolute Gasteiger partial charge is 0.145 e. The molecule has 0 fully saturated rings. The van der Waals surface area contributed by atoms with Gasteiger partial charge in [0.2, 0.25) is 0 Å². The molecule has 1 rings (SSSR count). The van der Waals surface area contributed by atoms with Gasteiger partial charge in [-0.15, -0.1) is 0 Å². The van der Waals surface area contributed by atoms with E-state index < -0.39 is 5.60 Å². The first-order valence-corrected chi connectivity index (χ1v) is 6.90. The number of aliphatic hydroxyl groups is 1. The van der Waals surface area contributed by atoms with Crippen molar-refractivity contribution in [2.24, 2.45) is 5.84 Å². The summed E-state index contributed by atoms with van der Waals surface area (Å²) in [5.74, 6) is 7.56. The lowest BCUT2D eigenvalue weighted by Crippen LogP contribution is -2.39. The third-order valence-corrected chi connectivity index (χ3v) is 2.81. The lowest BCUT2D eigenvalue weighted by molar-refractivity contribution is 0.0874. The van der Waals surface area contributed by atoms with Crippen molar-refractivity contribution in [3.8, 4) is 0 Å². The predicted octanol–water partition coefficient (Wildman–Crippen LogP) is 1.66. The van der Waals surface area contributed by atoms with E-state index >= 15 is 0 Å². The van der Waals surface area contributed by atoms with Crippen LogP contribution >= 0.6 is 0 Å². The molecule has 0 saturated carbocycles. The van der Waals surface area contributed by atoms with Gasteiger partial charge >= 0.3 is 0 Å². The molecule has 6 nitrogen and oxygen atoms in total. The number of hydrogen-bond acceptors (Lipinski definition) is 6. The maximum atomic E-state index is 10.0. The quantitative estimate of drug-likeness (QED) is 0.562. The molecule has 1 aromatic heterocycles. The summed E-state index contributed by atoms with van der Waals surface area (Å²) in [6, 6.07) is 1.80. The molecule has 0 radical (unpaired) electrons. The highest BCUT2D eigenvalue weighted by Crippen LogP contribution is 2.24. The van der Waals surface area contributed by atoms with Crippen LogP contribution in [0, 0.1) is 0 Å². The number of likely N-dealkylation sites (N-methyl/N-ethyl adjacent to an activating group) is 1. The van der Waals surface area contributed by atoms with E-state index in [4.69, 9.17) is 5.84 Å². The van der Waals surface area contributed by atoms with Crippen LogP contribution in [0.25, 0.3) is 0 Å². The highest BCUT2D eigenvalue weighted by Gasteiger charge is 2.23. The van der Waals surface area contributed by atoms with Crippen LogP contribution in [0.3, 0.4) is 0 Å². The van der Waals surface area contributed by atoms with E-state index in [0.29, 0.717) is 12.4 Å². The fourth-order valence-corrected chi connectivity index (χ4v) is 1.83. The molecule has 0 unspecified atom stereocenters. The number of rotatable bonds is 5. The number of aromatic nitrogens is 2. The van der Waals surface area contributed by atoms with Crippen molar-refractivity contribution in [3.05, 3.63) is 11.9 Å². The van der Waals surface area contributed by atoms with Crippen molar-refractivity contribution < 1.29 is 5.11 Å². The predicted molar refractivity (Wildman–Crippen MR) is 82.7 cm³/mol. The van der Waals surface area contributed by atoms with Crippen molar-refractivity contribution in [3.63, 3.8) is 0 Å². The minimum Gasteiger partial charge on any atom is -0.389 e. The second-order valence-electron chi connectivity index (χ2n) is 6.66. The van der Waals surface area contributed by atoms with E-state index in [0.717, 1.165) is 18.2 Å². The maximum absolute atomic E-state index is 10.0. The van der Waals surface area contributed by atoms with Crippen LogP contribution < -0.4 is 16.2 Å². The number of hydrogen-bond donors (Lipinski definition) is 3. The Morgan fingerprint density at radius 1 is 1.25 bits per heavy atom. The molecule has 6 heteroatoms. The molecule has 0 bridgehead atoms. The first kappa shape index (κ1) is 16.7. The SMILES string of the molecule is CCN(CC(C)(C)O)c1cc(NN)nc(C(C)(C)C)n1. The minimum atomic E-state index is -0.792. The zero-order chi connectivity index (χ0) is 15.6. The van der Waals surface area contributed by atoms with Crippen molar-refractivity contribution in [2.45, 2.75) is 52.6 Å². The summed E-state index contributed by atoms with van der Waals surface area (Å²) >= 11 is 0. The summed E-state index contributed by atoms with van der Waals surface area (Å²) < 4.78 is 0. The lowest BCUT2D eigenvalue weighted by Gasteiger charge is -2.30. The van der Waals surface area contributed by atoms with Gasteiger partial charge in [0.05, 0.1) is 5.60 Å². The molecule has 1 aromatic rings. The van der Waals surface area contributed by atoms with Crippen LogP contribution in [0.4, 0.5) is 11.6 Å². The summed E-state index contributed by atoms with van der Waals surface area (Å²) in [6.07, 6.45) is 0. The molecule has 0 aliphatic heterocycles. The van der Waals surface area contributed by atoms with Gasteiger partial charge in [-0.25, -0.2) is 15.8 Å². The van der Waals surface area contributed by atoms with Crippen molar-refractivity contribution in [1.82, 2.24) is 9.97 Å². The molecule has 20 heavy (non-hydrogen) atoms. The Kier molecular flexibility index (Phi) is 4.94. The average molecular weight is 281 g/mol. The van der Waals surface area contributed by atoms with Crippen molar-refractivity contribution in [1.29, 1.82) is 0 Å². The molecule has 114 valence electrons. The number of hydrazine groups is 1. The molecule has 0 aliphatic rings. The van der Waals surface area contributed by atoms with Gasteiger partial charge in [0.25, 0.3) is 0 Å². The van der Waals surface area contributed by atoms with E-state index in [1.54, 1.807) is 19.9 Å². The number of nitrogens with two attached hydrogens (primary N) is 1. The van der Waals surface area contributed by atoms with Crippen LogP contribution in [0.2, 0.25) is 0 Å². The highest BCUT2D eigenvalue weighted by atomic mass is 16.3. The molecular weight excluding hydrogens is 254 g/mol. The standard InChI is InChI=1S/C14H27N5O/c1-7-19(9-14(5,6)20)11-8-10(18-15)16-12(17-11)13(2,3)4/h8,20H,7,9,15H2,1-6H3,(H,16,17,18). The lowest BCUT2D eigenvalue weighted by atomic mass is 9.96. The summed E-state index contributed by atoms with van der Waals surface area (Å²) in [4.78, 5) is 11.0. The van der Waals surface area contributed by atoms with Gasteiger partial charge in [0.15, 0.2) is 0 Å². The van der Waals surface area contributed by atoms with E-state index in [1.165, 1.54) is 0 Å². The summed E-state index contributed by atoms with van der Waals surface area (Å²) in [7, 11) is 0. The van der Waals surface area contributed by atoms with Gasteiger partial charge in [-0.2, -0.15) is 0 Å². The fraction of sp³-hybridized carbons (Fsp3) is 0.714. The Morgan fingerprint density at radius 2 is 1.85 bits per heavy atom. The Hall–Kier alpha value is -1.40. The third kappa shape index (κ3) is 4.61. The first-order valence-electron chi connectivity index (χ1n) is 6.90. The zero-order valence-corrected chi connectivity index (χ0v) is 13.4. The Bertz CT molecular complexity index is 448. The van der Waals surface area contributed by atoms with E-state index in [2.05, 4.69) is 36.2 Å². The molecule has 1 heterocycles. The second kappa shape index (κ2) is 5.93. The molecule has 0 aromatic carbocycles. The Balaban J connectivity index is 3.21. The van der Waals surface area contributed by atoms with Crippen LogP contribution in [-0.2, 0) is 5.41 Å². The van der Waals surface area contributed by atoms with Crippen LogP contribution in [0.5, 0.6) is 0 Å². The van der Waals surface area contributed by atoms with E-state index in [9.17, 15) is 5.11 Å². The number of nitrogens with zero attached hydrogens (tertiary/aromatic N) is 3. The van der Waals surface area contributed by atoms with Gasteiger partial charge in [0.1, 0.15) is 17.5 Å². The second-order valence-corrected chi connectivity index (χ2v) is 6.66. The average Bonchev–Trinajstić information content (AvgIpc) is 2.33. The zero-order valence-electron chi connectivity index (χ0n) is 13.4. The van der Waals surface area contributed by atoms with Crippen LogP contribution in [-0.4, -0.2) is 33.8 Å². The van der Waals surface area contributed by atoms with Crippen LogP contribution in [0.1, 0.15) is 47.4 Å². The summed E-state index contributed by atoms with van der Waals surface area (Å²) in [6.45, 7) is 13.0. The van der Waals surface area contributed by atoms with E-state index in [-0.39, 0.29) is 5.41 Å².